The highest BCUT2D eigenvalue weighted by Gasteiger charge is 2.29. The Hall–Kier alpha value is -2.11. The van der Waals surface area contributed by atoms with E-state index >= 15 is 0 Å². The van der Waals surface area contributed by atoms with Gasteiger partial charge in [-0.15, -0.1) is 5.10 Å². The first-order valence-electron chi connectivity index (χ1n) is 7.03. The third kappa shape index (κ3) is 3.63. The summed E-state index contributed by atoms with van der Waals surface area (Å²) < 4.78 is 1.77. The molecule has 1 fully saturated rings. The number of amides is 1. The lowest BCUT2D eigenvalue weighted by atomic mass is 10.2. The summed E-state index contributed by atoms with van der Waals surface area (Å²) in [4.78, 5) is 12.3. The van der Waals surface area contributed by atoms with Crippen molar-refractivity contribution in [1.82, 2.24) is 20.2 Å². The molecule has 0 aliphatic heterocycles. The van der Waals surface area contributed by atoms with Gasteiger partial charge in [-0.25, -0.2) is 4.68 Å². The first-order valence-corrected chi connectivity index (χ1v) is 8.29. The minimum Gasteiger partial charge on any atom is -0.325 e. The van der Waals surface area contributed by atoms with Crippen LogP contribution in [0.15, 0.2) is 23.4 Å². The Kier molecular flexibility index (Phi) is 4.50. The SMILES string of the molecule is CC(Sc1nnnn1C1CC1)C(=O)Nc1ccc(C#N)c(Cl)c1. The van der Waals surface area contributed by atoms with Gasteiger partial charge in [-0.1, -0.05) is 23.4 Å². The van der Waals surface area contributed by atoms with E-state index in [0.717, 1.165) is 12.8 Å². The van der Waals surface area contributed by atoms with Crippen LogP contribution in [-0.2, 0) is 4.79 Å². The Labute approximate surface area is 142 Å². The largest absolute Gasteiger partial charge is 0.325 e. The van der Waals surface area contributed by atoms with Crippen molar-refractivity contribution in [3.8, 4) is 6.07 Å². The smallest absolute Gasteiger partial charge is 0.237 e. The van der Waals surface area contributed by atoms with E-state index in [0.29, 0.717) is 27.5 Å². The van der Waals surface area contributed by atoms with Crippen molar-refractivity contribution >= 4 is 35.0 Å². The molecule has 0 radical (unpaired) electrons. The molecule has 0 spiro atoms. The highest BCUT2D eigenvalue weighted by Crippen LogP contribution is 2.37. The number of benzene rings is 1. The van der Waals surface area contributed by atoms with Crippen molar-refractivity contribution in [1.29, 1.82) is 5.26 Å². The van der Waals surface area contributed by atoms with Crippen molar-refractivity contribution in [2.75, 3.05) is 5.32 Å². The predicted octanol–water partition coefficient (Wildman–Crippen LogP) is 2.65. The summed E-state index contributed by atoms with van der Waals surface area (Å²) in [6, 6.07) is 7.12. The average Bonchev–Trinajstić information content (AvgIpc) is 3.27. The van der Waals surface area contributed by atoms with Gasteiger partial charge in [-0.2, -0.15) is 5.26 Å². The summed E-state index contributed by atoms with van der Waals surface area (Å²) in [5.74, 6) is -0.180. The fourth-order valence-electron chi connectivity index (χ4n) is 1.95. The maximum atomic E-state index is 12.3. The fraction of sp³-hybridized carbons (Fsp3) is 0.357. The van der Waals surface area contributed by atoms with Crippen molar-refractivity contribution < 1.29 is 4.79 Å². The fourth-order valence-corrected chi connectivity index (χ4v) is 3.03. The molecule has 1 aromatic heterocycles. The topological polar surface area (TPSA) is 96.5 Å². The molecule has 1 saturated carbocycles. The number of nitrogens with zero attached hydrogens (tertiary/aromatic N) is 5. The Morgan fingerprint density at radius 1 is 1.57 bits per heavy atom. The van der Waals surface area contributed by atoms with E-state index in [4.69, 9.17) is 16.9 Å². The molecule has 0 saturated heterocycles. The van der Waals surface area contributed by atoms with Gasteiger partial charge in [0.1, 0.15) is 6.07 Å². The average molecular weight is 349 g/mol. The van der Waals surface area contributed by atoms with E-state index in [9.17, 15) is 4.79 Å². The van der Waals surface area contributed by atoms with Gasteiger partial charge in [0.15, 0.2) is 0 Å². The molecule has 23 heavy (non-hydrogen) atoms. The molecule has 1 unspecified atom stereocenters. The lowest BCUT2D eigenvalue weighted by Crippen LogP contribution is -2.23. The number of thioether (sulfide) groups is 1. The van der Waals surface area contributed by atoms with E-state index in [1.54, 1.807) is 29.8 Å². The Morgan fingerprint density at radius 3 is 3.00 bits per heavy atom. The molecule has 1 heterocycles. The second-order valence-corrected chi connectivity index (χ2v) is 6.91. The highest BCUT2D eigenvalue weighted by atomic mass is 35.5. The molecule has 3 rings (SSSR count). The van der Waals surface area contributed by atoms with Gasteiger partial charge in [0.25, 0.3) is 0 Å². The van der Waals surface area contributed by atoms with Crippen LogP contribution in [0.4, 0.5) is 5.69 Å². The lowest BCUT2D eigenvalue weighted by molar-refractivity contribution is -0.115. The number of nitriles is 1. The van der Waals surface area contributed by atoms with Gasteiger partial charge >= 0.3 is 0 Å². The zero-order valence-corrected chi connectivity index (χ0v) is 13.8. The molecule has 7 nitrogen and oxygen atoms in total. The van der Waals surface area contributed by atoms with Crippen molar-refractivity contribution in [2.24, 2.45) is 0 Å². The predicted molar refractivity (Wildman–Crippen MR) is 86.2 cm³/mol. The number of rotatable bonds is 5. The summed E-state index contributed by atoms with van der Waals surface area (Å²) in [6.45, 7) is 1.79. The van der Waals surface area contributed by atoms with E-state index < -0.39 is 0 Å². The zero-order valence-electron chi connectivity index (χ0n) is 12.2. The monoisotopic (exact) mass is 348 g/mol. The minimum absolute atomic E-state index is 0.180. The highest BCUT2D eigenvalue weighted by molar-refractivity contribution is 8.00. The molecule has 1 N–H and O–H groups in total. The molecule has 1 aromatic carbocycles. The summed E-state index contributed by atoms with van der Waals surface area (Å²) in [5, 5.41) is 23.8. The second-order valence-electron chi connectivity index (χ2n) is 5.19. The lowest BCUT2D eigenvalue weighted by Gasteiger charge is -2.12. The van der Waals surface area contributed by atoms with E-state index in [2.05, 4.69) is 20.8 Å². The zero-order chi connectivity index (χ0) is 16.4. The minimum atomic E-state index is -0.368. The molecule has 1 atom stereocenters. The number of hydrogen-bond acceptors (Lipinski definition) is 6. The van der Waals surface area contributed by atoms with Gasteiger partial charge in [-0.05, 0) is 48.4 Å². The number of anilines is 1. The van der Waals surface area contributed by atoms with Crippen LogP contribution in [-0.4, -0.2) is 31.4 Å². The Balaban J connectivity index is 1.64. The number of tetrazole rings is 1. The quantitative estimate of drug-likeness (QED) is 0.834. The first kappa shape index (κ1) is 15.8. The summed E-state index contributed by atoms with van der Waals surface area (Å²) in [5.41, 5.74) is 0.920. The number of aromatic nitrogens is 4. The number of halogens is 1. The molecule has 1 amide bonds. The van der Waals surface area contributed by atoms with E-state index in [1.807, 2.05) is 6.07 Å². The van der Waals surface area contributed by atoms with Crippen LogP contribution in [0.25, 0.3) is 0 Å². The van der Waals surface area contributed by atoms with Crippen molar-refractivity contribution in [2.45, 2.75) is 36.2 Å². The summed E-state index contributed by atoms with van der Waals surface area (Å²) >= 11 is 7.28. The number of nitrogens with one attached hydrogen (secondary N) is 1. The molecule has 1 aliphatic rings. The van der Waals surface area contributed by atoms with Crippen LogP contribution in [0.2, 0.25) is 5.02 Å². The van der Waals surface area contributed by atoms with Gasteiger partial charge in [0, 0.05) is 5.69 Å². The molecular weight excluding hydrogens is 336 g/mol. The number of hydrogen-bond donors (Lipinski definition) is 1. The van der Waals surface area contributed by atoms with Crippen LogP contribution in [0, 0.1) is 11.3 Å². The van der Waals surface area contributed by atoms with Crippen LogP contribution >= 0.6 is 23.4 Å². The Morgan fingerprint density at radius 2 is 2.35 bits per heavy atom. The Bertz CT molecular complexity index is 782. The number of carbonyl (C=O) groups excluding carboxylic acids is 1. The van der Waals surface area contributed by atoms with Crippen molar-refractivity contribution in [3.63, 3.8) is 0 Å². The van der Waals surface area contributed by atoms with E-state index in [1.165, 1.54) is 11.8 Å². The van der Waals surface area contributed by atoms with Crippen LogP contribution in [0.5, 0.6) is 0 Å². The van der Waals surface area contributed by atoms with Gasteiger partial charge < -0.3 is 5.32 Å². The van der Waals surface area contributed by atoms with Gasteiger partial charge in [0.05, 0.1) is 21.9 Å². The maximum Gasteiger partial charge on any atom is 0.237 e. The molecule has 9 heteroatoms. The third-order valence-electron chi connectivity index (χ3n) is 3.36. The molecule has 1 aliphatic carbocycles. The number of carbonyl (C=O) groups is 1. The molecular formula is C14H13ClN6OS. The maximum absolute atomic E-state index is 12.3. The normalized spacial score (nSPS) is 15.0. The van der Waals surface area contributed by atoms with E-state index in [-0.39, 0.29) is 11.2 Å². The summed E-state index contributed by atoms with van der Waals surface area (Å²) in [7, 11) is 0. The molecule has 118 valence electrons. The second kappa shape index (κ2) is 6.56. The molecule has 2 aromatic rings. The van der Waals surface area contributed by atoms with Crippen molar-refractivity contribution in [3.05, 3.63) is 28.8 Å². The first-order chi connectivity index (χ1) is 11.1. The van der Waals surface area contributed by atoms with Crippen LogP contribution in [0.1, 0.15) is 31.4 Å². The van der Waals surface area contributed by atoms with Crippen LogP contribution in [0.3, 0.4) is 0 Å². The summed E-state index contributed by atoms with van der Waals surface area (Å²) in [6.07, 6.45) is 2.14. The standard InChI is InChI=1S/C14H13ClN6OS/c1-8(23-14-18-19-20-21(14)11-4-5-11)13(22)17-10-3-2-9(7-16)12(15)6-10/h2-3,6,8,11H,4-5H2,1H3,(H,17,22). The molecule has 0 bridgehead atoms. The van der Waals surface area contributed by atoms with Crippen LogP contribution < -0.4 is 5.32 Å². The van der Waals surface area contributed by atoms with Gasteiger partial charge in [0.2, 0.25) is 11.1 Å². The third-order valence-corrected chi connectivity index (χ3v) is 4.72. The van der Waals surface area contributed by atoms with Gasteiger partial charge in [-0.3, -0.25) is 4.79 Å².